The molecular formula is C14H17ClN2O. The predicted octanol–water partition coefficient (Wildman–Crippen LogP) is 3.92. The zero-order valence-corrected chi connectivity index (χ0v) is 11.6. The number of benzene rings is 1. The molecule has 0 heterocycles. The van der Waals surface area contributed by atoms with Gasteiger partial charge in [-0.3, -0.25) is 4.79 Å². The van der Waals surface area contributed by atoms with Crippen molar-refractivity contribution in [2.45, 2.75) is 33.6 Å². The number of nitriles is 1. The molecule has 0 bridgehead atoms. The second kappa shape index (κ2) is 5.88. The number of hydrogen-bond donors (Lipinski definition) is 1. The first kappa shape index (κ1) is 14.5. The Morgan fingerprint density at radius 1 is 1.44 bits per heavy atom. The van der Waals surface area contributed by atoms with E-state index < -0.39 is 5.41 Å². The fourth-order valence-corrected chi connectivity index (χ4v) is 1.92. The van der Waals surface area contributed by atoms with Gasteiger partial charge in [-0.05, 0) is 37.5 Å². The minimum atomic E-state index is -0.964. The van der Waals surface area contributed by atoms with Crippen LogP contribution in [0, 0.1) is 23.7 Å². The highest BCUT2D eigenvalue weighted by Crippen LogP contribution is 2.29. The number of aryl methyl sites for hydroxylation is 1. The molecule has 18 heavy (non-hydrogen) atoms. The Balaban J connectivity index is 3.01. The molecule has 1 amide bonds. The molecule has 1 aromatic rings. The summed E-state index contributed by atoms with van der Waals surface area (Å²) >= 11 is 5.90. The summed E-state index contributed by atoms with van der Waals surface area (Å²) in [5, 5.41) is 12.6. The van der Waals surface area contributed by atoms with Crippen LogP contribution >= 0.6 is 11.6 Å². The number of carbonyl (C=O) groups excluding carboxylic acids is 1. The van der Waals surface area contributed by atoms with Crippen molar-refractivity contribution in [3.05, 3.63) is 28.8 Å². The van der Waals surface area contributed by atoms with E-state index in [0.717, 1.165) is 5.56 Å². The maximum absolute atomic E-state index is 12.2. The van der Waals surface area contributed by atoms with E-state index in [-0.39, 0.29) is 5.91 Å². The van der Waals surface area contributed by atoms with Gasteiger partial charge in [-0.2, -0.15) is 5.26 Å². The monoisotopic (exact) mass is 264 g/mol. The van der Waals surface area contributed by atoms with Crippen molar-refractivity contribution in [1.82, 2.24) is 0 Å². The van der Waals surface area contributed by atoms with Crippen molar-refractivity contribution in [1.29, 1.82) is 5.26 Å². The van der Waals surface area contributed by atoms with Gasteiger partial charge >= 0.3 is 0 Å². The zero-order chi connectivity index (χ0) is 13.8. The van der Waals surface area contributed by atoms with Gasteiger partial charge in [0, 0.05) is 10.7 Å². The van der Waals surface area contributed by atoms with Crippen molar-refractivity contribution >= 4 is 23.2 Å². The van der Waals surface area contributed by atoms with E-state index >= 15 is 0 Å². The van der Waals surface area contributed by atoms with Crippen molar-refractivity contribution in [3.63, 3.8) is 0 Å². The van der Waals surface area contributed by atoms with Gasteiger partial charge in [0.25, 0.3) is 0 Å². The van der Waals surface area contributed by atoms with Crippen LogP contribution in [0.25, 0.3) is 0 Å². The van der Waals surface area contributed by atoms with Gasteiger partial charge in [-0.1, -0.05) is 31.5 Å². The Hall–Kier alpha value is -1.53. The van der Waals surface area contributed by atoms with Crippen LogP contribution in [0.2, 0.25) is 5.02 Å². The van der Waals surface area contributed by atoms with Crippen LogP contribution < -0.4 is 5.32 Å². The molecule has 1 aromatic carbocycles. The lowest BCUT2D eigenvalue weighted by atomic mass is 9.83. The molecule has 0 aromatic heterocycles. The van der Waals surface area contributed by atoms with Crippen LogP contribution in [-0.2, 0) is 4.79 Å². The highest BCUT2D eigenvalue weighted by Gasteiger charge is 2.35. The highest BCUT2D eigenvalue weighted by atomic mass is 35.5. The Labute approximate surface area is 113 Å². The largest absolute Gasteiger partial charge is 0.324 e. The van der Waals surface area contributed by atoms with Gasteiger partial charge in [-0.25, -0.2) is 0 Å². The van der Waals surface area contributed by atoms with Gasteiger partial charge in [-0.15, -0.1) is 0 Å². The zero-order valence-electron chi connectivity index (χ0n) is 10.9. The Morgan fingerprint density at radius 2 is 2.06 bits per heavy atom. The summed E-state index contributed by atoms with van der Waals surface area (Å²) in [5.74, 6) is -0.264. The summed E-state index contributed by atoms with van der Waals surface area (Å²) in [7, 11) is 0. The van der Waals surface area contributed by atoms with Crippen LogP contribution in [0.4, 0.5) is 5.69 Å². The fourth-order valence-electron chi connectivity index (χ4n) is 1.75. The van der Waals surface area contributed by atoms with E-state index in [1.165, 1.54) is 0 Å². The minimum absolute atomic E-state index is 0.264. The lowest BCUT2D eigenvalue weighted by Crippen LogP contribution is -2.34. The number of nitrogens with one attached hydrogen (secondary N) is 1. The number of rotatable bonds is 4. The molecule has 0 aliphatic heterocycles. The lowest BCUT2D eigenvalue weighted by molar-refractivity contribution is -0.123. The first-order valence-corrected chi connectivity index (χ1v) is 6.35. The molecule has 3 nitrogen and oxygen atoms in total. The molecule has 0 spiro atoms. The Kier molecular flexibility index (Phi) is 4.75. The number of hydrogen-bond acceptors (Lipinski definition) is 2. The molecule has 0 saturated carbocycles. The third-order valence-corrected chi connectivity index (χ3v) is 3.54. The number of nitrogens with zero attached hydrogens (tertiary/aromatic N) is 1. The smallest absolute Gasteiger partial charge is 0.244 e. The fraction of sp³-hybridized carbons (Fsp3) is 0.429. The molecule has 96 valence electrons. The van der Waals surface area contributed by atoms with E-state index in [4.69, 9.17) is 11.6 Å². The van der Waals surface area contributed by atoms with E-state index in [1.807, 2.05) is 26.8 Å². The summed E-state index contributed by atoms with van der Waals surface area (Å²) < 4.78 is 0. The first-order valence-electron chi connectivity index (χ1n) is 5.98. The first-order chi connectivity index (χ1) is 8.49. The van der Waals surface area contributed by atoms with Gasteiger partial charge in [0.15, 0.2) is 0 Å². The standard InChI is InChI=1S/C14H17ClN2O/c1-4-14(5-2,9-16)13(18)17-12-8-11(15)7-6-10(12)3/h6-8H,4-5H2,1-3H3,(H,17,18). The van der Waals surface area contributed by atoms with E-state index in [0.29, 0.717) is 23.6 Å². The van der Waals surface area contributed by atoms with Gasteiger partial charge in [0.1, 0.15) is 5.41 Å². The lowest BCUT2D eigenvalue weighted by Gasteiger charge is -2.22. The molecule has 0 fully saturated rings. The maximum atomic E-state index is 12.2. The molecule has 0 radical (unpaired) electrons. The third kappa shape index (κ3) is 2.83. The third-order valence-electron chi connectivity index (χ3n) is 3.30. The Morgan fingerprint density at radius 3 is 2.56 bits per heavy atom. The summed E-state index contributed by atoms with van der Waals surface area (Å²) in [6.45, 7) is 5.58. The molecule has 0 unspecified atom stereocenters. The van der Waals surface area contributed by atoms with Gasteiger partial charge in [0.2, 0.25) is 5.91 Å². The SMILES string of the molecule is CCC(C#N)(CC)C(=O)Nc1cc(Cl)ccc1C. The molecular weight excluding hydrogens is 248 g/mol. The van der Waals surface area contributed by atoms with Crippen LogP contribution in [0.3, 0.4) is 0 Å². The molecule has 1 rings (SSSR count). The van der Waals surface area contributed by atoms with Crippen LogP contribution in [0.5, 0.6) is 0 Å². The quantitative estimate of drug-likeness (QED) is 0.896. The predicted molar refractivity (Wildman–Crippen MR) is 73.4 cm³/mol. The van der Waals surface area contributed by atoms with E-state index in [2.05, 4.69) is 11.4 Å². The number of carbonyl (C=O) groups is 1. The number of anilines is 1. The van der Waals surface area contributed by atoms with Gasteiger partial charge < -0.3 is 5.32 Å². The van der Waals surface area contributed by atoms with Crippen molar-refractivity contribution in [3.8, 4) is 6.07 Å². The van der Waals surface area contributed by atoms with Crippen molar-refractivity contribution < 1.29 is 4.79 Å². The van der Waals surface area contributed by atoms with Crippen molar-refractivity contribution in [2.24, 2.45) is 5.41 Å². The molecule has 0 saturated heterocycles. The van der Waals surface area contributed by atoms with Crippen LogP contribution in [0.15, 0.2) is 18.2 Å². The Bertz CT molecular complexity index is 487. The van der Waals surface area contributed by atoms with E-state index in [1.54, 1.807) is 12.1 Å². The summed E-state index contributed by atoms with van der Waals surface area (Å²) in [5.41, 5.74) is 0.621. The average molecular weight is 265 g/mol. The molecule has 0 atom stereocenters. The van der Waals surface area contributed by atoms with Crippen molar-refractivity contribution in [2.75, 3.05) is 5.32 Å². The average Bonchev–Trinajstić information content (AvgIpc) is 2.37. The molecule has 0 aliphatic carbocycles. The maximum Gasteiger partial charge on any atom is 0.244 e. The molecule has 4 heteroatoms. The second-order valence-electron chi connectivity index (χ2n) is 4.31. The number of amides is 1. The molecule has 0 aliphatic rings. The van der Waals surface area contributed by atoms with Gasteiger partial charge in [0.05, 0.1) is 6.07 Å². The highest BCUT2D eigenvalue weighted by molar-refractivity contribution is 6.31. The number of halogens is 1. The minimum Gasteiger partial charge on any atom is -0.324 e. The summed E-state index contributed by atoms with van der Waals surface area (Å²) in [4.78, 5) is 12.2. The van der Waals surface area contributed by atoms with E-state index in [9.17, 15) is 10.1 Å². The second-order valence-corrected chi connectivity index (χ2v) is 4.75. The topological polar surface area (TPSA) is 52.9 Å². The van der Waals surface area contributed by atoms with Crippen LogP contribution in [-0.4, -0.2) is 5.91 Å². The van der Waals surface area contributed by atoms with Crippen LogP contribution in [0.1, 0.15) is 32.3 Å². The normalized spacial score (nSPS) is 10.8. The summed E-state index contributed by atoms with van der Waals surface area (Å²) in [6, 6.07) is 7.43. The summed E-state index contributed by atoms with van der Waals surface area (Å²) in [6.07, 6.45) is 0.983. The molecule has 1 N–H and O–H groups in total.